The number of hydrogen-bond donors (Lipinski definition) is 2. The molecule has 2 rings (SSSR count). The molecule has 0 heterocycles. The summed E-state index contributed by atoms with van der Waals surface area (Å²) in [5, 5.41) is 3.02. The third kappa shape index (κ3) is 3.52. The lowest BCUT2D eigenvalue weighted by molar-refractivity contribution is 0.587. The maximum absolute atomic E-state index is 13.5. The normalized spacial score (nSPS) is 10.3. The summed E-state index contributed by atoms with van der Waals surface area (Å²) in [6.07, 6.45) is 0. The second kappa shape index (κ2) is 6.28. The monoisotopic (exact) mass is 356 g/mol. The Morgan fingerprint density at radius 3 is 2.65 bits per heavy atom. The first kappa shape index (κ1) is 14.9. The van der Waals surface area contributed by atoms with Crippen LogP contribution in [0.4, 0.5) is 14.5 Å². The second-order valence-electron chi connectivity index (χ2n) is 4.14. The summed E-state index contributed by atoms with van der Waals surface area (Å²) in [5.41, 5.74) is 7.18. The molecule has 0 bridgehead atoms. The van der Waals surface area contributed by atoms with Crippen LogP contribution in [0, 0.1) is 11.6 Å². The van der Waals surface area contributed by atoms with E-state index in [9.17, 15) is 8.78 Å². The minimum absolute atomic E-state index is 0.135. The first-order chi connectivity index (χ1) is 9.47. The van der Waals surface area contributed by atoms with Gasteiger partial charge in [-0.3, -0.25) is 0 Å². The van der Waals surface area contributed by atoms with Gasteiger partial charge in [0.25, 0.3) is 0 Å². The molecule has 0 saturated heterocycles. The summed E-state index contributed by atoms with van der Waals surface area (Å²) in [4.78, 5) is 0.236. The molecule has 0 atom stereocenters. The van der Waals surface area contributed by atoms with Gasteiger partial charge < -0.3 is 11.1 Å². The number of rotatable bonds is 4. The van der Waals surface area contributed by atoms with Crippen LogP contribution in [0.1, 0.15) is 11.1 Å². The first-order valence-corrected chi connectivity index (χ1v) is 6.94. The van der Waals surface area contributed by atoms with Crippen LogP contribution in [0.3, 0.4) is 0 Å². The van der Waals surface area contributed by atoms with Crippen LogP contribution in [-0.2, 0) is 6.54 Å². The summed E-state index contributed by atoms with van der Waals surface area (Å²) < 4.78 is 27.5. The van der Waals surface area contributed by atoms with Crippen molar-refractivity contribution < 1.29 is 8.78 Å². The van der Waals surface area contributed by atoms with E-state index in [0.29, 0.717) is 11.3 Å². The van der Waals surface area contributed by atoms with Crippen LogP contribution in [0.5, 0.6) is 0 Å². The maximum Gasteiger partial charge on any atom is 0.128 e. The second-order valence-corrected chi connectivity index (χ2v) is 5.50. The van der Waals surface area contributed by atoms with Gasteiger partial charge in [-0.05, 0) is 36.4 Å². The van der Waals surface area contributed by atoms with Crippen molar-refractivity contribution in [2.45, 2.75) is 6.54 Å². The van der Waals surface area contributed by atoms with E-state index in [0.717, 1.165) is 22.7 Å². The van der Waals surface area contributed by atoms with Gasteiger partial charge in [0.2, 0.25) is 0 Å². The molecule has 20 heavy (non-hydrogen) atoms. The molecule has 2 aromatic carbocycles. The van der Waals surface area contributed by atoms with Gasteiger partial charge in [0.05, 0.1) is 0 Å². The predicted molar refractivity (Wildman–Crippen MR) is 83.7 cm³/mol. The predicted octanol–water partition coefficient (Wildman–Crippen LogP) is 3.97. The van der Waals surface area contributed by atoms with Gasteiger partial charge in [0.15, 0.2) is 0 Å². The Morgan fingerprint density at radius 1 is 1.20 bits per heavy atom. The Kier molecular flexibility index (Phi) is 4.67. The number of nitrogens with two attached hydrogens (primary N) is 1. The first-order valence-electron chi connectivity index (χ1n) is 5.74. The average molecular weight is 357 g/mol. The lowest BCUT2D eigenvalue weighted by atomic mass is 10.1. The number of thiocarbonyl (C=S) groups is 1. The SMILES string of the molecule is NC(=S)c1ccc(Br)cc1NCc1cc(F)ccc1F. The lowest BCUT2D eigenvalue weighted by Gasteiger charge is -2.12. The van der Waals surface area contributed by atoms with Gasteiger partial charge in [-0.25, -0.2) is 8.78 Å². The van der Waals surface area contributed by atoms with Crippen molar-refractivity contribution in [3.63, 3.8) is 0 Å². The summed E-state index contributed by atoms with van der Waals surface area (Å²) in [6.45, 7) is 0.135. The summed E-state index contributed by atoms with van der Waals surface area (Å²) in [6, 6.07) is 8.69. The fourth-order valence-corrected chi connectivity index (χ4v) is 2.29. The summed E-state index contributed by atoms with van der Waals surface area (Å²) in [7, 11) is 0. The molecule has 0 amide bonds. The zero-order valence-corrected chi connectivity index (χ0v) is 12.7. The van der Waals surface area contributed by atoms with Gasteiger partial charge in [-0.15, -0.1) is 0 Å². The summed E-state index contributed by atoms with van der Waals surface area (Å²) >= 11 is 8.30. The lowest BCUT2D eigenvalue weighted by Crippen LogP contribution is -2.13. The fraction of sp³-hybridized carbons (Fsp3) is 0.0714. The zero-order chi connectivity index (χ0) is 14.7. The van der Waals surface area contributed by atoms with E-state index in [2.05, 4.69) is 21.2 Å². The average Bonchev–Trinajstić information content (AvgIpc) is 2.39. The Hall–Kier alpha value is -1.53. The third-order valence-corrected chi connectivity index (χ3v) is 3.44. The highest BCUT2D eigenvalue weighted by molar-refractivity contribution is 9.10. The Balaban J connectivity index is 2.24. The van der Waals surface area contributed by atoms with E-state index in [1.165, 1.54) is 0 Å². The van der Waals surface area contributed by atoms with E-state index in [1.807, 2.05) is 6.07 Å². The smallest absolute Gasteiger partial charge is 0.128 e. The Labute approximate surface area is 129 Å². The number of halogens is 3. The third-order valence-electron chi connectivity index (χ3n) is 2.72. The van der Waals surface area contributed by atoms with Crippen LogP contribution >= 0.6 is 28.1 Å². The van der Waals surface area contributed by atoms with Crippen molar-refractivity contribution in [2.24, 2.45) is 5.73 Å². The van der Waals surface area contributed by atoms with Crippen molar-refractivity contribution in [1.29, 1.82) is 0 Å². The molecule has 2 nitrogen and oxygen atoms in total. The zero-order valence-electron chi connectivity index (χ0n) is 10.3. The van der Waals surface area contributed by atoms with Gasteiger partial charge in [-0.2, -0.15) is 0 Å². The molecule has 0 radical (unpaired) electrons. The van der Waals surface area contributed by atoms with Gasteiger partial charge in [0.1, 0.15) is 16.6 Å². The Bertz CT molecular complexity index is 662. The molecule has 0 aliphatic heterocycles. The molecular weight excluding hydrogens is 346 g/mol. The molecule has 0 aliphatic carbocycles. The van der Waals surface area contributed by atoms with Crippen LogP contribution < -0.4 is 11.1 Å². The number of benzene rings is 2. The number of anilines is 1. The number of nitrogens with one attached hydrogen (secondary N) is 1. The van der Waals surface area contributed by atoms with E-state index >= 15 is 0 Å². The van der Waals surface area contributed by atoms with E-state index in [4.69, 9.17) is 18.0 Å². The largest absolute Gasteiger partial charge is 0.389 e. The standard InChI is InChI=1S/C14H11BrF2N2S/c15-9-1-3-11(14(18)20)13(6-9)19-7-8-5-10(16)2-4-12(8)17/h1-6,19H,7H2,(H2,18,20). The molecular formula is C14H11BrF2N2S. The molecule has 0 saturated carbocycles. The highest BCUT2D eigenvalue weighted by atomic mass is 79.9. The van der Waals surface area contributed by atoms with E-state index in [1.54, 1.807) is 12.1 Å². The van der Waals surface area contributed by atoms with E-state index < -0.39 is 11.6 Å². The molecule has 3 N–H and O–H groups in total. The molecule has 0 spiro atoms. The molecule has 6 heteroatoms. The summed E-state index contributed by atoms with van der Waals surface area (Å²) in [5.74, 6) is -0.946. The fourth-order valence-electron chi connectivity index (χ4n) is 1.75. The van der Waals surface area contributed by atoms with Crippen molar-refractivity contribution in [3.8, 4) is 0 Å². The molecule has 0 unspecified atom stereocenters. The maximum atomic E-state index is 13.5. The van der Waals surface area contributed by atoms with Crippen molar-refractivity contribution in [3.05, 3.63) is 63.6 Å². The molecule has 0 aromatic heterocycles. The topological polar surface area (TPSA) is 38.0 Å². The minimum atomic E-state index is -0.480. The highest BCUT2D eigenvalue weighted by Gasteiger charge is 2.08. The van der Waals surface area contributed by atoms with Crippen molar-refractivity contribution in [2.75, 3.05) is 5.32 Å². The molecule has 104 valence electrons. The van der Waals surface area contributed by atoms with Crippen molar-refractivity contribution in [1.82, 2.24) is 0 Å². The van der Waals surface area contributed by atoms with Crippen LogP contribution in [0.15, 0.2) is 40.9 Å². The van der Waals surface area contributed by atoms with Crippen LogP contribution in [-0.4, -0.2) is 4.99 Å². The van der Waals surface area contributed by atoms with Gasteiger partial charge in [-0.1, -0.05) is 28.1 Å². The van der Waals surface area contributed by atoms with Crippen LogP contribution in [0.25, 0.3) is 0 Å². The van der Waals surface area contributed by atoms with Crippen molar-refractivity contribution >= 4 is 38.8 Å². The van der Waals surface area contributed by atoms with Gasteiger partial charge in [0, 0.05) is 27.8 Å². The van der Waals surface area contributed by atoms with E-state index in [-0.39, 0.29) is 17.1 Å². The molecule has 0 fully saturated rings. The van der Waals surface area contributed by atoms with Crippen LogP contribution in [0.2, 0.25) is 0 Å². The van der Waals surface area contributed by atoms with Gasteiger partial charge >= 0.3 is 0 Å². The molecule has 2 aromatic rings. The number of hydrogen-bond acceptors (Lipinski definition) is 2. The minimum Gasteiger partial charge on any atom is -0.389 e. The quantitative estimate of drug-likeness (QED) is 0.814. The molecule has 0 aliphatic rings. The highest BCUT2D eigenvalue weighted by Crippen LogP contribution is 2.22. The Morgan fingerprint density at radius 2 is 1.95 bits per heavy atom.